The molecule has 16 heteroatoms. The molecule has 21 heavy (non-hydrogen) atoms. The molecule has 126 valence electrons. The monoisotopic (exact) mass is 372 g/mol. The fourth-order valence-corrected chi connectivity index (χ4v) is 4.59. The topological polar surface area (TPSA) is 189 Å². The van der Waals surface area contributed by atoms with Gasteiger partial charge in [0.05, 0.1) is 12.7 Å². The fourth-order valence-electron chi connectivity index (χ4n) is 1.56. The van der Waals surface area contributed by atoms with Gasteiger partial charge in [-0.2, -0.15) is 8.62 Å². The summed E-state index contributed by atoms with van der Waals surface area (Å²) in [5.74, 6) is 0. The number of ether oxygens (including phenoxy) is 1. The Kier molecular flexibility index (Phi) is 5.81. The van der Waals surface area contributed by atoms with Crippen LogP contribution in [0.5, 0.6) is 0 Å². The highest BCUT2D eigenvalue weighted by molar-refractivity contribution is 7.66. The Bertz CT molecular complexity index is 523. The maximum absolute atomic E-state index is 11.4. The van der Waals surface area contributed by atoms with Crippen LogP contribution in [0.3, 0.4) is 0 Å². The van der Waals surface area contributed by atoms with Crippen LogP contribution in [0, 0.1) is 0 Å². The molecule has 1 saturated heterocycles. The lowest BCUT2D eigenvalue weighted by molar-refractivity contribution is -0.00418. The minimum absolute atomic E-state index is 0.161. The van der Waals surface area contributed by atoms with E-state index < -0.39 is 56.1 Å². The van der Waals surface area contributed by atoms with E-state index in [-0.39, 0.29) is 6.42 Å². The predicted octanol–water partition coefficient (Wildman–Crippen LogP) is -1.83. The second-order valence-corrected chi connectivity index (χ2v) is 8.59. The second-order valence-electron chi connectivity index (χ2n) is 4.17. The van der Waals surface area contributed by atoms with Crippen LogP contribution in [0.1, 0.15) is 6.42 Å². The highest BCUT2D eigenvalue weighted by Crippen LogP contribution is 2.66. The molecule has 1 aliphatic heterocycles. The van der Waals surface area contributed by atoms with Crippen molar-refractivity contribution in [3.05, 3.63) is 0 Å². The maximum atomic E-state index is 11.4. The molecule has 0 aromatic rings. The van der Waals surface area contributed by atoms with Gasteiger partial charge in [0.2, 0.25) is 0 Å². The number of aliphatic hydroxyl groups is 1. The SMILES string of the molecule is [2H][BH2-]C1CC(O)C(COP(=O)(O)OP(=O)(O)OP(=O)(O)O)O1. The van der Waals surface area contributed by atoms with Crippen LogP contribution >= 0.6 is 23.5 Å². The van der Waals surface area contributed by atoms with E-state index in [0.29, 0.717) is 0 Å². The number of aliphatic hydroxyl groups excluding tert-OH is 1. The summed E-state index contributed by atoms with van der Waals surface area (Å²) in [4.78, 5) is 34.8. The van der Waals surface area contributed by atoms with Crippen molar-refractivity contribution in [1.82, 2.24) is 0 Å². The highest BCUT2D eigenvalue weighted by atomic mass is 31.3. The Labute approximate surface area is 121 Å². The molecule has 12 nitrogen and oxygen atoms in total. The predicted molar refractivity (Wildman–Crippen MR) is 69.0 cm³/mol. The van der Waals surface area contributed by atoms with Crippen molar-refractivity contribution in [2.75, 3.05) is 6.61 Å². The molecule has 5 atom stereocenters. The Hall–Kier alpha value is 0.395. The highest BCUT2D eigenvalue weighted by Gasteiger charge is 2.41. The van der Waals surface area contributed by atoms with Crippen molar-refractivity contribution in [3.63, 3.8) is 0 Å². The second kappa shape index (κ2) is 6.88. The van der Waals surface area contributed by atoms with Gasteiger partial charge in [-0.15, -0.1) is 0 Å². The lowest BCUT2D eigenvalue weighted by atomic mass is 9.96. The molecular formula is C5H15BO12P3-. The van der Waals surface area contributed by atoms with Crippen molar-refractivity contribution in [2.45, 2.75) is 24.6 Å². The van der Waals surface area contributed by atoms with E-state index >= 15 is 0 Å². The zero-order valence-electron chi connectivity index (χ0n) is 11.6. The summed E-state index contributed by atoms with van der Waals surface area (Å²) in [6.07, 6.45) is -1.93. The van der Waals surface area contributed by atoms with Gasteiger partial charge in [0, 0.05) is 0 Å². The zero-order chi connectivity index (χ0) is 17.2. The third-order valence-corrected chi connectivity index (χ3v) is 6.03. The molecule has 0 bridgehead atoms. The summed E-state index contributed by atoms with van der Waals surface area (Å²) < 4.78 is 56.6. The van der Waals surface area contributed by atoms with Crippen LogP contribution in [0.25, 0.3) is 0 Å². The summed E-state index contributed by atoms with van der Waals surface area (Å²) >= 11 is 0. The molecule has 1 rings (SSSR count). The first-order chi connectivity index (χ1) is 9.84. The molecular weight excluding hydrogens is 356 g/mol. The molecule has 0 saturated carbocycles. The quantitative estimate of drug-likeness (QED) is 0.237. The first-order valence-corrected chi connectivity index (χ1v) is 9.94. The van der Waals surface area contributed by atoms with E-state index in [9.17, 15) is 23.7 Å². The molecule has 0 aliphatic carbocycles. The van der Waals surface area contributed by atoms with Crippen molar-refractivity contribution < 1.29 is 56.3 Å². The minimum Gasteiger partial charge on any atom is -0.408 e. The van der Waals surface area contributed by atoms with Crippen molar-refractivity contribution in [2.24, 2.45) is 0 Å². The van der Waals surface area contributed by atoms with E-state index in [1.807, 2.05) is 0 Å². The average molecular weight is 372 g/mol. The summed E-state index contributed by atoms with van der Waals surface area (Å²) in [6, 6.07) is -0.468. The Balaban J connectivity index is 2.56. The van der Waals surface area contributed by atoms with Crippen molar-refractivity contribution in [3.8, 4) is 0 Å². The normalized spacial score (nSPS) is 33.2. The van der Waals surface area contributed by atoms with E-state index in [2.05, 4.69) is 13.1 Å². The molecule has 0 aromatic carbocycles. The number of phosphoric acid groups is 3. The smallest absolute Gasteiger partial charge is 0.408 e. The molecule has 0 aromatic heterocycles. The van der Waals surface area contributed by atoms with E-state index in [1.165, 1.54) is 0 Å². The third-order valence-electron chi connectivity index (χ3n) is 2.23. The van der Waals surface area contributed by atoms with Gasteiger partial charge in [0.1, 0.15) is 6.10 Å². The van der Waals surface area contributed by atoms with Gasteiger partial charge < -0.3 is 29.4 Å². The fraction of sp³-hybridized carbons (Fsp3) is 1.00. The third kappa shape index (κ3) is 7.47. The molecule has 5 N–H and O–H groups in total. The van der Waals surface area contributed by atoms with E-state index in [4.69, 9.17) is 20.8 Å². The minimum atomic E-state index is -5.56. The maximum Gasteiger partial charge on any atom is 0.490 e. The molecule has 1 heterocycles. The first kappa shape index (κ1) is 17.7. The van der Waals surface area contributed by atoms with Crippen LogP contribution in [-0.2, 0) is 31.6 Å². The zero-order valence-corrected chi connectivity index (χ0v) is 13.3. The van der Waals surface area contributed by atoms with Gasteiger partial charge in [0.15, 0.2) is 0 Å². The molecule has 0 spiro atoms. The number of phosphoric ester groups is 1. The van der Waals surface area contributed by atoms with Crippen LogP contribution in [0.2, 0.25) is 0 Å². The van der Waals surface area contributed by atoms with Gasteiger partial charge in [-0.05, 0) is 14.2 Å². The first-order valence-electron chi connectivity index (χ1n) is 6.41. The number of rotatable bonds is 8. The summed E-state index contributed by atoms with van der Waals surface area (Å²) in [7, 11) is -17.4. The van der Waals surface area contributed by atoms with Gasteiger partial charge in [0.25, 0.3) is 0 Å². The van der Waals surface area contributed by atoms with Crippen LogP contribution in [0.4, 0.5) is 0 Å². The van der Waals surface area contributed by atoms with E-state index in [1.54, 1.807) is 0 Å². The van der Waals surface area contributed by atoms with Gasteiger partial charge in [-0.25, -0.2) is 15.0 Å². The van der Waals surface area contributed by atoms with Crippen LogP contribution in [-0.4, -0.2) is 58.6 Å². The Morgan fingerprint density at radius 3 is 2.29 bits per heavy atom. The number of hydrogen-bond acceptors (Lipinski definition) is 8. The molecule has 0 radical (unpaired) electrons. The van der Waals surface area contributed by atoms with Gasteiger partial charge in [-0.3, -0.25) is 4.52 Å². The van der Waals surface area contributed by atoms with Crippen LogP contribution < -0.4 is 0 Å². The lowest BCUT2D eigenvalue weighted by Gasteiger charge is -2.19. The van der Waals surface area contributed by atoms with Gasteiger partial charge in [-0.1, -0.05) is 6.00 Å². The van der Waals surface area contributed by atoms with Crippen LogP contribution in [0.15, 0.2) is 0 Å². The lowest BCUT2D eigenvalue weighted by Crippen LogP contribution is -2.26. The molecule has 1 fully saturated rings. The van der Waals surface area contributed by atoms with Crippen molar-refractivity contribution >= 4 is 31.3 Å². The molecule has 0 amide bonds. The average Bonchev–Trinajstić information content (AvgIpc) is 2.62. The summed E-state index contributed by atoms with van der Waals surface area (Å²) in [5.41, 5.74) is 0. The Morgan fingerprint density at radius 1 is 1.19 bits per heavy atom. The molecule has 1 aliphatic rings. The Morgan fingerprint density at radius 2 is 1.81 bits per heavy atom. The standard InChI is InChI=1S/C5H15BO12P3/c6-5-1-3(7)4(16-5)2-15-20(11,12)18-21(13,14)17-19(8,9)10/h3-5,7H,1-2H2,6H3,(H,11,12)(H,13,14)(H2,8,9,10)/q-1/i6D. The number of hydrogen-bond donors (Lipinski definition) is 5. The summed E-state index contributed by atoms with van der Waals surface area (Å²) in [5, 5.41) is 9.56. The van der Waals surface area contributed by atoms with Gasteiger partial charge >= 0.3 is 23.5 Å². The largest absolute Gasteiger partial charge is 0.490 e. The molecule has 5 unspecified atom stereocenters. The van der Waals surface area contributed by atoms with E-state index in [0.717, 1.165) is 0 Å². The summed E-state index contributed by atoms with van der Waals surface area (Å²) in [6.45, 7) is -0.701. The van der Waals surface area contributed by atoms with Crippen molar-refractivity contribution in [1.29, 1.82) is 1.34 Å².